The predicted octanol–water partition coefficient (Wildman–Crippen LogP) is 12.5. The van der Waals surface area contributed by atoms with Gasteiger partial charge in [-0.3, -0.25) is 0 Å². The fraction of sp³-hybridized carbons (Fsp3) is 0.927. The quantitative estimate of drug-likeness (QED) is 0.0792. The third-order valence-electron chi connectivity index (χ3n) is 11.7. The number of oxime groups is 1. The lowest BCUT2D eigenvalue weighted by Crippen LogP contribution is -2.38. The summed E-state index contributed by atoms with van der Waals surface area (Å²) in [7, 11) is 4.25. The van der Waals surface area contributed by atoms with Gasteiger partial charge in [0.15, 0.2) is 0 Å². The number of hydrogen-bond acceptors (Lipinski definition) is 7. The van der Waals surface area contributed by atoms with Crippen LogP contribution in [0.2, 0.25) is 0 Å². The van der Waals surface area contributed by atoms with Crippen molar-refractivity contribution in [3.05, 3.63) is 12.3 Å². The van der Waals surface area contributed by atoms with Crippen molar-refractivity contribution in [1.82, 2.24) is 5.01 Å². The maximum atomic E-state index is 6.74. The van der Waals surface area contributed by atoms with Crippen LogP contribution in [0.15, 0.2) is 17.4 Å². The van der Waals surface area contributed by atoms with Crippen LogP contribution in [0.5, 0.6) is 0 Å². The Morgan fingerprint density at radius 3 is 1.77 bits per heavy atom. The minimum Gasteiger partial charge on any atom is -0.391 e. The topological polar surface area (TPSA) is 60.1 Å². The van der Waals surface area contributed by atoms with Gasteiger partial charge in [0, 0.05) is 36.2 Å². The molecule has 0 heterocycles. The summed E-state index contributed by atoms with van der Waals surface area (Å²) in [6.07, 6.45) is 45.4. The highest BCUT2D eigenvalue weighted by Gasteiger charge is 2.31. The van der Waals surface area contributed by atoms with Crippen LogP contribution in [0, 0.1) is 11.8 Å². The van der Waals surface area contributed by atoms with Gasteiger partial charge in [0.2, 0.25) is 0 Å². The van der Waals surface area contributed by atoms with Crippen LogP contribution in [0.1, 0.15) is 193 Å². The molecule has 3 atom stereocenters. The zero-order valence-electron chi connectivity index (χ0n) is 31.1. The zero-order valence-corrected chi connectivity index (χ0v) is 32.7. The molecule has 5 nitrogen and oxygen atoms in total. The van der Waals surface area contributed by atoms with Crippen molar-refractivity contribution in [3.63, 3.8) is 0 Å². The van der Waals surface area contributed by atoms with Gasteiger partial charge in [-0.25, -0.2) is 5.84 Å². The van der Waals surface area contributed by atoms with E-state index in [1.165, 1.54) is 180 Å². The van der Waals surface area contributed by atoms with E-state index in [-0.39, 0.29) is 12.0 Å². The van der Waals surface area contributed by atoms with Crippen molar-refractivity contribution < 1.29 is 9.57 Å². The van der Waals surface area contributed by atoms with Crippen LogP contribution in [-0.4, -0.2) is 46.6 Å². The molecule has 0 aliphatic heterocycles. The molecule has 0 aromatic rings. The van der Waals surface area contributed by atoms with Crippen LogP contribution in [-0.2, 0) is 9.57 Å². The molecule has 0 aromatic heterocycles. The first-order valence-corrected chi connectivity index (χ1v) is 23.3. The summed E-state index contributed by atoms with van der Waals surface area (Å²) >= 11 is 0. The normalized spacial score (nSPS) is 25.1. The molecule has 4 fully saturated rings. The molecule has 7 heteroatoms. The summed E-state index contributed by atoms with van der Waals surface area (Å²) < 4.78 is 6.67. The number of hydrogen-bond donors (Lipinski definition) is 1. The second-order valence-electron chi connectivity index (χ2n) is 15.9. The van der Waals surface area contributed by atoms with Crippen LogP contribution < -0.4 is 5.84 Å². The predicted molar refractivity (Wildman–Crippen MR) is 211 cm³/mol. The van der Waals surface area contributed by atoms with E-state index in [1.54, 1.807) is 0 Å². The summed E-state index contributed by atoms with van der Waals surface area (Å²) in [5.74, 6) is 7.49. The fourth-order valence-electron chi connectivity index (χ4n) is 8.40. The largest absolute Gasteiger partial charge is 0.391 e. The van der Waals surface area contributed by atoms with Crippen molar-refractivity contribution >= 4 is 27.8 Å². The van der Waals surface area contributed by atoms with E-state index in [9.17, 15) is 0 Å². The van der Waals surface area contributed by atoms with E-state index in [0.717, 1.165) is 18.3 Å². The lowest BCUT2D eigenvalue weighted by atomic mass is 9.92. The molecular weight excluding hydrogens is 631 g/mol. The molecule has 0 saturated heterocycles. The molecule has 0 amide bonds. The summed E-state index contributed by atoms with van der Waals surface area (Å²) in [5, 5.41) is 7.91. The Bertz CT molecular complexity index is 828. The number of hydrazine groups is 1. The second kappa shape index (κ2) is 25.6. The lowest BCUT2D eigenvalue weighted by Gasteiger charge is -2.31. The summed E-state index contributed by atoms with van der Waals surface area (Å²) in [4.78, 5) is 6.69. The van der Waals surface area contributed by atoms with E-state index >= 15 is 0 Å². The first kappa shape index (κ1) is 40.4. The van der Waals surface area contributed by atoms with Gasteiger partial charge in [0.25, 0.3) is 0 Å². The van der Waals surface area contributed by atoms with E-state index in [2.05, 4.69) is 47.0 Å². The van der Waals surface area contributed by atoms with Gasteiger partial charge in [0.1, 0.15) is 6.10 Å². The number of nitrogens with two attached hydrogens (primary N) is 1. The molecule has 2 N–H and O–H groups in total. The van der Waals surface area contributed by atoms with Crippen LogP contribution in [0.3, 0.4) is 0 Å². The lowest BCUT2D eigenvalue weighted by molar-refractivity contribution is 0.00742. The Hall–Kier alpha value is -0.370. The van der Waals surface area contributed by atoms with Crippen molar-refractivity contribution in [1.29, 1.82) is 0 Å². The van der Waals surface area contributed by atoms with Gasteiger partial charge in [0.05, 0.1) is 11.4 Å². The summed E-state index contributed by atoms with van der Waals surface area (Å²) in [6.45, 7) is 3.16. The molecule has 3 unspecified atom stereocenters. The van der Waals surface area contributed by atoms with Gasteiger partial charge in [-0.15, -0.1) is 0 Å². The molecule has 278 valence electrons. The fourth-order valence-corrected chi connectivity index (χ4v) is 11.9. The average Bonchev–Trinajstić information content (AvgIpc) is 3.02. The van der Waals surface area contributed by atoms with Crippen LogP contribution in [0.25, 0.3) is 0 Å². The second-order valence-corrected chi connectivity index (χ2v) is 18.7. The zero-order chi connectivity index (χ0) is 33.5. The van der Waals surface area contributed by atoms with Crippen LogP contribution >= 0.6 is 21.6 Å². The van der Waals surface area contributed by atoms with Crippen molar-refractivity contribution in [2.24, 2.45) is 22.8 Å². The van der Waals surface area contributed by atoms with Gasteiger partial charge in [-0.1, -0.05) is 168 Å². The standard InChI is InChI=1S/C41H75N3O2S2/c1-35(30-32-44(42)37-24-16-8-3-9-17-25-37)41(46-43-34-36-22-14-6-2-7-15-23-36)40(48-47-39-28-20-12-5-13-21-29-39)31-33-45-38-26-18-10-4-11-19-27-38/h30,32,34-41H,2-29,31,33,42H2,1H3/b32-30+,43-34+. The molecule has 4 rings (SSSR count). The third-order valence-corrected chi connectivity index (χ3v) is 15.2. The molecule has 4 aliphatic rings. The van der Waals surface area contributed by atoms with Crippen LogP contribution in [0.4, 0.5) is 0 Å². The van der Waals surface area contributed by atoms with Gasteiger partial charge >= 0.3 is 0 Å². The third kappa shape index (κ3) is 16.8. The summed E-state index contributed by atoms with van der Waals surface area (Å²) in [6, 6.07) is 0.447. The first-order chi connectivity index (χ1) is 23.7. The molecule has 0 aromatic carbocycles. The van der Waals surface area contributed by atoms with E-state index in [0.29, 0.717) is 23.3 Å². The van der Waals surface area contributed by atoms with E-state index in [1.807, 2.05) is 5.01 Å². The van der Waals surface area contributed by atoms with Crippen molar-refractivity contribution in [2.75, 3.05) is 6.61 Å². The highest BCUT2D eigenvalue weighted by Crippen LogP contribution is 2.41. The minimum absolute atomic E-state index is 0.0104. The first-order valence-electron chi connectivity index (χ1n) is 21.0. The van der Waals surface area contributed by atoms with Crippen molar-refractivity contribution in [3.8, 4) is 0 Å². The van der Waals surface area contributed by atoms with Gasteiger partial charge in [-0.2, -0.15) is 0 Å². The minimum atomic E-state index is -0.0104. The molecule has 0 bridgehead atoms. The number of ether oxygens (including phenoxy) is 1. The maximum Gasteiger partial charge on any atom is 0.146 e. The Labute approximate surface area is 304 Å². The van der Waals surface area contributed by atoms with E-state index < -0.39 is 0 Å². The Morgan fingerprint density at radius 2 is 1.19 bits per heavy atom. The van der Waals surface area contributed by atoms with Gasteiger partial charge < -0.3 is 14.6 Å². The Kier molecular flexibility index (Phi) is 21.5. The highest BCUT2D eigenvalue weighted by molar-refractivity contribution is 8.77. The number of nitrogens with zero attached hydrogens (tertiary/aromatic N) is 2. The molecule has 4 saturated carbocycles. The van der Waals surface area contributed by atoms with Crippen molar-refractivity contribution in [2.45, 2.75) is 222 Å². The summed E-state index contributed by atoms with van der Waals surface area (Å²) in [5.41, 5.74) is 0. The molecule has 0 radical (unpaired) electrons. The number of rotatable bonds is 15. The molecule has 48 heavy (non-hydrogen) atoms. The SMILES string of the molecule is CC(/C=C/N(N)C1CCCCCCC1)C(O/N=C/C1CCCCCCC1)C(CCOC1CCCCCCC1)SSC1CCCCCCC1. The van der Waals surface area contributed by atoms with Gasteiger partial charge in [-0.05, 0) is 63.7 Å². The Morgan fingerprint density at radius 1 is 0.688 bits per heavy atom. The highest BCUT2D eigenvalue weighted by atomic mass is 33.1. The molecule has 0 spiro atoms. The molecule has 4 aliphatic carbocycles. The monoisotopic (exact) mass is 706 g/mol. The molecular formula is C41H75N3O2S2. The average molecular weight is 706 g/mol. The smallest absolute Gasteiger partial charge is 0.146 e. The van der Waals surface area contributed by atoms with E-state index in [4.69, 9.17) is 20.6 Å². The maximum absolute atomic E-state index is 6.74. The Balaban J connectivity index is 1.46.